The summed E-state index contributed by atoms with van der Waals surface area (Å²) in [5.74, 6) is 0.311. The molecule has 2 aromatic rings. The van der Waals surface area contributed by atoms with E-state index in [1.54, 1.807) is 32.2 Å². The van der Waals surface area contributed by atoms with Crippen LogP contribution in [0.4, 0.5) is 5.69 Å². The molecule has 0 aromatic heterocycles. The molecule has 2 aromatic carbocycles. The predicted octanol–water partition coefficient (Wildman–Crippen LogP) is 5.48. The number of carbonyl (C=O) groups excluding carboxylic acids is 1. The topological polar surface area (TPSA) is 105 Å². The molecule has 6 rings (SSSR count). The van der Waals surface area contributed by atoms with Gasteiger partial charge in [-0.25, -0.2) is 13.1 Å². The van der Waals surface area contributed by atoms with Gasteiger partial charge in [0.25, 0.3) is 5.91 Å². The number of sulfonamides is 1. The number of carbonyl (C=O) groups is 1. The van der Waals surface area contributed by atoms with Gasteiger partial charge in [-0.05, 0) is 111 Å². The highest BCUT2D eigenvalue weighted by Crippen LogP contribution is 2.49. The second kappa shape index (κ2) is 12.1. The van der Waals surface area contributed by atoms with Crippen LogP contribution in [0.15, 0.2) is 36.4 Å². The molecule has 44 heavy (non-hydrogen) atoms. The van der Waals surface area contributed by atoms with E-state index in [0.717, 1.165) is 49.2 Å². The van der Waals surface area contributed by atoms with Gasteiger partial charge in [0.15, 0.2) is 0 Å². The van der Waals surface area contributed by atoms with E-state index in [9.17, 15) is 18.3 Å². The van der Waals surface area contributed by atoms with Crippen molar-refractivity contribution in [2.24, 2.45) is 17.8 Å². The minimum absolute atomic E-state index is 0.0785. The Balaban J connectivity index is 1.44. The average Bonchev–Trinajstić information content (AvgIpc) is 3.14. The third-order valence-corrected chi connectivity index (χ3v) is 13.5. The van der Waals surface area contributed by atoms with Crippen molar-refractivity contribution in [3.8, 4) is 5.75 Å². The van der Waals surface area contributed by atoms with Gasteiger partial charge in [0, 0.05) is 36.2 Å². The number of aliphatic hydroxyl groups excluding tert-OH is 1. The van der Waals surface area contributed by atoms with E-state index in [1.165, 1.54) is 11.1 Å². The van der Waals surface area contributed by atoms with Crippen LogP contribution < -0.4 is 14.4 Å². The Morgan fingerprint density at radius 3 is 2.66 bits per heavy atom. The van der Waals surface area contributed by atoms with Crippen molar-refractivity contribution in [1.29, 1.82) is 0 Å². The molecule has 0 saturated heterocycles. The SMILES string of the molecule is CO[C@]1(CO)CCC[C@H](C)[C@@H](C)S(=O)(=O)NC(=O)c2ccc3c(c2)N(C[C@@H]2CC[C@H]21)C[C@@]1(CCCc2cc(Cl)ccc21)CO3. The molecule has 2 aliphatic heterocycles. The number of hydrogen-bond acceptors (Lipinski definition) is 7. The Morgan fingerprint density at radius 1 is 1.11 bits per heavy atom. The lowest BCUT2D eigenvalue weighted by atomic mass is 9.63. The van der Waals surface area contributed by atoms with E-state index in [2.05, 4.69) is 21.8 Å². The third kappa shape index (κ3) is 5.63. The number of halogens is 1. The average molecular weight is 645 g/mol. The van der Waals surface area contributed by atoms with Crippen LogP contribution in [0, 0.1) is 17.8 Å². The summed E-state index contributed by atoms with van der Waals surface area (Å²) in [5, 5.41) is 10.7. The summed E-state index contributed by atoms with van der Waals surface area (Å²) in [5.41, 5.74) is 2.62. The van der Waals surface area contributed by atoms with Crippen molar-refractivity contribution in [1.82, 2.24) is 4.72 Å². The molecule has 240 valence electrons. The summed E-state index contributed by atoms with van der Waals surface area (Å²) in [6.07, 6.45) is 6.94. The third-order valence-electron chi connectivity index (χ3n) is 11.3. The fraction of sp³-hybridized carbons (Fsp3) is 0.618. The molecule has 1 saturated carbocycles. The number of aliphatic hydroxyl groups is 1. The zero-order valence-corrected chi connectivity index (χ0v) is 27.6. The van der Waals surface area contributed by atoms with Crippen LogP contribution in [0.1, 0.15) is 80.3 Å². The number of methoxy groups -OCH3 is 1. The molecule has 1 amide bonds. The van der Waals surface area contributed by atoms with Gasteiger partial charge in [-0.1, -0.05) is 31.0 Å². The molecule has 2 bridgehead atoms. The van der Waals surface area contributed by atoms with E-state index in [4.69, 9.17) is 21.1 Å². The van der Waals surface area contributed by atoms with Crippen LogP contribution >= 0.6 is 11.6 Å². The van der Waals surface area contributed by atoms with Gasteiger partial charge in [0.05, 0.1) is 29.8 Å². The quantitative estimate of drug-likeness (QED) is 0.446. The first kappa shape index (κ1) is 31.6. The van der Waals surface area contributed by atoms with Gasteiger partial charge in [0.2, 0.25) is 10.0 Å². The molecule has 10 heteroatoms. The summed E-state index contributed by atoms with van der Waals surface area (Å²) in [6, 6.07) is 11.4. The largest absolute Gasteiger partial charge is 0.490 e. The zero-order chi connectivity index (χ0) is 31.3. The van der Waals surface area contributed by atoms with Crippen molar-refractivity contribution < 1.29 is 27.8 Å². The lowest BCUT2D eigenvalue weighted by Gasteiger charge is -2.51. The molecular formula is C34H45ClN2O6S. The molecule has 2 N–H and O–H groups in total. The Morgan fingerprint density at radius 2 is 1.93 bits per heavy atom. The van der Waals surface area contributed by atoms with Crippen molar-refractivity contribution >= 4 is 33.2 Å². The highest BCUT2D eigenvalue weighted by atomic mass is 35.5. The monoisotopic (exact) mass is 644 g/mol. The molecule has 8 nitrogen and oxygen atoms in total. The summed E-state index contributed by atoms with van der Waals surface area (Å²) in [7, 11) is -2.23. The van der Waals surface area contributed by atoms with Gasteiger partial charge in [-0.2, -0.15) is 0 Å². The second-order valence-electron chi connectivity index (χ2n) is 13.7. The minimum atomic E-state index is -3.92. The molecule has 0 unspecified atom stereocenters. The lowest BCUT2D eigenvalue weighted by Crippen LogP contribution is -2.55. The van der Waals surface area contributed by atoms with E-state index in [1.807, 2.05) is 13.0 Å². The molecule has 2 heterocycles. The number of benzene rings is 2. The number of nitrogens with zero attached hydrogens (tertiary/aromatic N) is 1. The van der Waals surface area contributed by atoms with E-state index in [0.29, 0.717) is 38.3 Å². The highest BCUT2D eigenvalue weighted by molar-refractivity contribution is 7.90. The zero-order valence-electron chi connectivity index (χ0n) is 26.0. The number of fused-ring (bicyclic) bond motifs is 4. The van der Waals surface area contributed by atoms with Crippen LogP contribution in [0.5, 0.6) is 5.75 Å². The van der Waals surface area contributed by atoms with Crippen molar-refractivity contribution in [3.63, 3.8) is 0 Å². The van der Waals surface area contributed by atoms with Gasteiger partial charge in [0.1, 0.15) is 5.75 Å². The van der Waals surface area contributed by atoms with Gasteiger partial charge < -0.3 is 19.5 Å². The first-order valence-electron chi connectivity index (χ1n) is 16.0. The number of anilines is 1. The number of rotatable bonds is 2. The second-order valence-corrected chi connectivity index (χ2v) is 16.2. The normalized spacial score (nSPS) is 33.7. The number of nitrogens with one attached hydrogen (secondary N) is 1. The smallest absolute Gasteiger partial charge is 0.264 e. The molecular weight excluding hydrogens is 600 g/mol. The van der Waals surface area contributed by atoms with Crippen LogP contribution in [0.3, 0.4) is 0 Å². The number of amides is 1. The van der Waals surface area contributed by atoms with Crippen molar-refractivity contribution in [2.45, 2.75) is 81.5 Å². The summed E-state index contributed by atoms with van der Waals surface area (Å²) in [4.78, 5) is 15.8. The standard InChI is InChI=1S/C34H45ClN2O6S/c1-22-6-4-15-34(20-38,42-3)29-11-8-26(29)18-37-19-33(14-5-7-24-16-27(35)10-12-28(24)33)21-43-31-13-9-25(17-30(31)37)32(39)36-44(40,41)23(22)2/h9-10,12-13,16-17,22-23,26,29,38H,4-8,11,14-15,18-21H2,1-3H3,(H,36,39)/t22-,23+,26-,29+,33-,34-/m0/s1. The molecule has 4 aliphatic rings. The van der Waals surface area contributed by atoms with Crippen LogP contribution in [-0.2, 0) is 26.6 Å². The molecule has 2 aliphatic carbocycles. The molecule has 1 spiro atoms. The fourth-order valence-electron chi connectivity index (χ4n) is 8.26. The maximum absolute atomic E-state index is 13.4. The molecule has 6 atom stereocenters. The first-order valence-corrected chi connectivity index (χ1v) is 18.0. The van der Waals surface area contributed by atoms with Crippen molar-refractivity contribution in [2.75, 3.05) is 38.3 Å². The molecule has 0 radical (unpaired) electrons. The van der Waals surface area contributed by atoms with Crippen molar-refractivity contribution in [3.05, 3.63) is 58.1 Å². The number of aryl methyl sites for hydroxylation is 1. The Hall–Kier alpha value is -2.33. The van der Waals surface area contributed by atoms with Crippen LogP contribution in [-0.4, -0.2) is 63.7 Å². The summed E-state index contributed by atoms with van der Waals surface area (Å²) < 4.78 is 41.7. The first-order chi connectivity index (χ1) is 21.0. The minimum Gasteiger partial charge on any atom is -0.490 e. The summed E-state index contributed by atoms with van der Waals surface area (Å²) >= 11 is 6.41. The van der Waals surface area contributed by atoms with Crippen LogP contribution in [0.2, 0.25) is 5.02 Å². The highest BCUT2D eigenvalue weighted by Gasteiger charge is 2.49. The van der Waals surface area contributed by atoms with Gasteiger partial charge >= 0.3 is 0 Å². The maximum Gasteiger partial charge on any atom is 0.264 e. The summed E-state index contributed by atoms with van der Waals surface area (Å²) in [6.45, 7) is 5.38. The molecule has 1 fully saturated rings. The lowest BCUT2D eigenvalue weighted by molar-refractivity contribution is -0.141. The Bertz CT molecular complexity index is 1510. The Kier molecular flexibility index (Phi) is 8.72. The van der Waals surface area contributed by atoms with Gasteiger partial charge in [-0.15, -0.1) is 0 Å². The van der Waals surface area contributed by atoms with E-state index >= 15 is 0 Å². The number of ether oxygens (including phenoxy) is 2. The maximum atomic E-state index is 13.4. The van der Waals surface area contributed by atoms with Crippen LogP contribution in [0.25, 0.3) is 0 Å². The van der Waals surface area contributed by atoms with E-state index < -0.39 is 26.8 Å². The van der Waals surface area contributed by atoms with E-state index in [-0.39, 0.29) is 35.3 Å². The Labute approximate surface area is 266 Å². The predicted molar refractivity (Wildman–Crippen MR) is 172 cm³/mol. The number of hydrogen-bond donors (Lipinski definition) is 2. The fourth-order valence-corrected chi connectivity index (χ4v) is 9.77. The van der Waals surface area contributed by atoms with Gasteiger partial charge in [-0.3, -0.25) is 4.79 Å².